The molecular weight excluding hydrogens is 565 g/mol. The van der Waals surface area contributed by atoms with E-state index in [1.807, 2.05) is 30.3 Å². The topological polar surface area (TPSA) is 81.7 Å². The van der Waals surface area contributed by atoms with E-state index in [4.69, 9.17) is 14.6 Å². The molecule has 2 aromatic heterocycles. The van der Waals surface area contributed by atoms with E-state index in [-0.39, 0.29) is 0 Å². The minimum Gasteiger partial charge on any atom is -0.481 e. The Morgan fingerprint density at radius 1 is 1.12 bits per heavy atom. The maximum atomic E-state index is 10.6. The van der Waals surface area contributed by atoms with Crippen LogP contribution in [0.1, 0.15) is 21.6 Å². The normalized spacial score (nSPS) is 14.7. The number of thiophene rings is 1. The van der Waals surface area contributed by atoms with Crippen molar-refractivity contribution in [1.29, 1.82) is 0 Å². The molecule has 0 amide bonds. The third-order valence-electron chi connectivity index (χ3n) is 7.06. The fourth-order valence-corrected chi connectivity index (χ4v) is 5.63. The number of aromatic nitrogens is 2. The Hall–Kier alpha value is -4.11. The highest BCUT2D eigenvalue weighted by molar-refractivity contribution is 7.11. The summed E-state index contributed by atoms with van der Waals surface area (Å²) in [4.78, 5) is 14.9. The number of piperazine rings is 1. The first kappa shape index (κ1) is 29.4. The second kappa shape index (κ2) is 12.8. The van der Waals surface area contributed by atoms with Crippen molar-refractivity contribution in [3.05, 3.63) is 81.5 Å². The van der Waals surface area contributed by atoms with Gasteiger partial charge in [-0.2, -0.15) is 18.3 Å². The van der Waals surface area contributed by atoms with Crippen molar-refractivity contribution >= 4 is 17.3 Å². The van der Waals surface area contributed by atoms with Gasteiger partial charge in [0.2, 0.25) is 0 Å². The van der Waals surface area contributed by atoms with E-state index in [1.54, 1.807) is 11.3 Å². The van der Waals surface area contributed by atoms with E-state index in [1.165, 1.54) is 22.3 Å². The number of carboxylic acid groups (broad SMARTS) is 1. The highest BCUT2D eigenvalue weighted by Gasteiger charge is 2.38. The van der Waals surface area contributed by atoms with Gasteiger partial charge < -0.3 is 14.7 Å². The molecule has 1 saturated heterocycles. The van der Waals surface area contributed by atoms with Gasteiger partial charge in [0.1, 0.15) is 12.4 Å². The Morgan fingerprint density at radius 3 is 2.57 bits per heavy atom. The average molecular weight is 595 g/mol. The van der Waals surface area contributed by atoms with Gasteiger partial charge in [-0.25, -0.2) is 4.79 Å². The number of rotatable bonds is 5. The molecule has 0 bridgehead atoms. The monoisotopic (exact) mass is 594 g/mol. The Balaban J connectivity index is 0.000000451. The molecule has 0 spiro atoms. The lowest BCUT2D eigenvalue weighted by Gasteiger charge is -2.32. The number of aromatic amines is 1. The smallest absolute Gasteiger partial charge is 0.481 e. The molecule has 11 heteroatoms. The zero-order chi connectivity index (χ0) is 29.7. The molecule has 6 rings (SSSR count). The zero-order valence-corrected chi connectivity index (χ0v) is 23.7. The summed E-state index contributed by atoms with van der Waals surface area (Å²) in [5.41, 5.74) is 8.72. The van der Waals surface area contributed by atoms with Gasteiger partial charge in [-0.05, 0) is 36.4 Å². The number of hydrogen-bond acceptors (Lipinski definition) is 6. The van der Waals surface area contributed by atoms with Crippen LogP contribution in [0.4, 0.5) is 13.2 Å². The summed E-state index contributed by atoms with van der Waals surface area (Å²) < 4.78 is 37.4. The highest BCUT2D eigenvalue weighted by Crippen LogP contribution is 2.41. The van der Waals surface area contributed by atoms with E-state index in [0.29, 0.717) is 6.61 Å². The van der Waals surface area contributed by atoms with Gasteiger partial charge >= 0.3 is 12.1 Å². The summed E-state index contributed by atoms with van der Waals surface area (Å²) in [6.07, 6.45) is -4.16. The molecule has 3 heterocycles. The number of carbonyl (C=O) groups is 1. The van der Waals surface area contributed by atoms with Crippen molar-refractivity contribution < 1.29 is 27.8 Å². The van der Waals surface area contributed by atoms with Crippen LogP contribution in [0.3, 0.4) is 0 Å². The number of nitrogens with zero attached hydrogens (tertiary/aromatic N) is 3. The van der Waals surface area contributed by atoms with E-state index in [2.05, 4.69) is 68.5 Å². The molecular formula is C31H29F3N4O3S. The van der Waals surface area contributed by atoms with Crippen LogP contribution in [0.15, 0.2) is 60.0 Å². The lowest BCUT2D eigenvalue weighted by atomic mass is 10.0. The van der Waals surface area contributed by atoms with Crippen LogP contribution in [0.25, 0.3) is 22.5 Å². The summed E-state index contributed by atoms with van der Waals surface area (Å²) in [6.45, 7) is 5.99. The number of carboxylic acids is 1. The molecule has 0 saturated carbocycles. The Labute approximate surface area is 245 Å². The number of hydrogen-bond donors (Lipinski definition) is 2. The average Bonchev–Trinajstić information content (AvgIpc) is 3.68. The summed E-state index contributed by atoms with van der Waals surface area (Å²) in [6, 6.07) is 18.9. The summed E-state index contributed by atoms with van der Waals surface area (Å²) in [5.74, 6) is 4.43. The summed E-state index contributed by atoms with van der Waals surface area (Å²) in [7, 11) is 2.20. The molecule has 2 aromatic carbocycles. The molecule has 2 N–H and O–H groups in total. The number of ether oxygens (including phenoxy) is 1. The van der Waals surface area contributed by atoms with Crippen LogP contribution in [0.5, 0.6) is 5.75 Å². The molecule has 0 atom stereocenters. The lowest BCUT2D eigenvalue weighted by Crippen LogP contribution is -2.43. The molecule has 4 aromatic rings. The SMILES string of the molecule is CN1CCN(Cc2ccc3c(c2)Cc2c(-c4csc(C#CCOc5ccccc5)c4)n[nH]c2-3)CC1.O=C(O)C(F)(F)F. The fraction of sp³-hybridized carbons (Fsp3) is 0.290. The van der Waals surface area contributed by atoms with Crippen molar-refractivity contribution in [2.45, 2.75) is 19.1 Å². The largest absolute Gasteiger partial charge is 0.490 e. The molecule has 1 fully saturated rings. The highest BCUT2D eigenvalue weighted by atomic mass is 32.1. The fourth-order valence-electron chi connectivity index (χ4n) is 4.87. The van der Waals surface area contributed by atoms with Crippen LogP contribution < -0.4 is 4.74 Å². The molecule has 218 valence electrons. The first-order chi connectivity index (χ1) is 20.2. The van der Waals surface area contributed by atoms with E-state index < -0.39 is 12.1 Å². The Morgan fingerprint density at radius 2 is 1.86 bits per heavy atom. The number of benzene rings is 2. The first-order valence-electron chi connectivity index (χ1n) is 13.3. The van der Waals surface area contributed by atoms with Crippen molar-refractivity contribution in [3.8, 4) is 40.1 Å². The third kappa shape index (κ3) is 7.20. The Bertz CT molecular complexity index is 1600. The number of nitrogens with one attached hydrogen (secondary N) is 1. The van der Waals surface area contributed by atoms with Gasteiger partial charge in [-0.3, -0.25) is 10.00 Å². The van der Waals surface area contributed by atoms with E-state index in [9.17, 15) is 13.2 Å². The predicted molar refractivity (Wildman–Crippen MR) is 155 cm³/mol. The quantitative estimate of drug-likeness (QED) is 0.261. The van der Waals surface area contributed by atoms with Crippen LogP contribution >= 0.6 is 11.3 Å². The Kier molecular flexibility index (Phi) is 8.97. The molecule has 1 aliphatic carbocycles. The van der Waals surface area contributed by atoms with Crippen LogP contribution in [0, 0.1) is 11.8 Å². The lowest BCUT2D eigenvalue weighted by molar-refractivity contribution is -0.192. The number of fused-ring (bicyclic) bond motifs is 3. The van der Waals surface area contributed by atoms with E-state index >= 15 is 0 Å². The molecule has 1 aliphatic heterocycles. The molecule has 7 nitrogen and oxygen atoms in total. The van der Waals surface area contributed by atoms with Gasteiger partial charge in [0.15, 0.2) is 0 Å². The maximum Gasteiger partial charge on any atom is 0.490 e. The number of likely N-dealkylation sites (N-methyl/N-ethyl adjacent to an activating group) is 1. The minimum absolute atomic E-state index is 0.376. The van der Waals surface area contributed by atoms with Crippen LogP contribution in [-0.2, 0) is 17.8 Å². The zero-order valence-electron chi connectivity index (χ0n) is 22.9. The summed E-state index contributed by atoms with van der Waals surface area (Å²) in [5, 5.41) is 17.3. The van der Waals surface area contributed by atoms with Crippen molar-refractivity contribution in [3.63, 3.8) is 0 Å². The van der Waals surface area contributed by atoms with Gasteiger partial charge in [0, 0.05) is 61.2 Å². The van der Waals surface area contributed by atoms with Crippen LogP contribution in [0.2, 0.25) is 0 Å². The van der Waals surface area contributed by atoms with Crippen molar-refractivity contribution in [2.24, 2.45) is 0 Å². The van der Waals surface area contributed by atoms with Crippen molar-refractivity contribution in [1.82, 2.24) is 20.0 Å². The maximum absolute atomic E-state index is 10.6. The first-order valence-corrected chi connectivity index (χ1v) is 14.2. The molecule has 42 heavy (non-hydrogen) atoms. The summed E-state index contributed by atoms with van der Waals surface area (Å²) >= 11 is 1.65. The van der Waals surface area contributed by atoms with Gasteiger partial charge in [0.05, 0.1) is 16.3 Å². The number of aliphatic carboxylic acids is 1. The minimum atomic E-state index is -5.08. The third-order valence-corrected chi connectivity index (χ3v) is 7.90. The van der Waals surface area contributed by atoms with Gasteiger partial charge in [0.25, 0.3) is 0 Å². The molecule has 0 radical (unpaired) electrons. The number of halogens is 3. The number of alkyl halides is 3. The molecule has 0 unspecified atom stereocenters. The van der Waals surface area contributed by atoms with Gasteiger partial charge in [-0.1, -0.05) is 48.2 Å². The standard InChI is InChI=1S/C29H28N4OS.C2HF3O2/c1-32-11-13-33(14-12-32)19-21-9-10-26-22(16-21)18-27-28(30-31-29(26)27)23-17-25(35-20-23)8-5-15-34-24-6-3-2-4-7-24;3-2(4,5)1(6)7/h2-4,6-7,9-10,16-17,20H,11-15,18-19H2,1H3,(H,30,31);(H,6,7). The van der Waals surface area contributed by atoms with Crippen LogP contribution in [-0.4, -0.2) is 77.1 Å². The van der Waals surface area contributed by atoms with Gasteiger partial charge in [-0.15, -0.1) is 11.3 Å². The van der Waals surface area contributed by atoms with Crippen molar-refractivity contribution in [2.75, 3.05) is 39.8 Å². The molecule has 2 aliphatic rings. The second-order valence-corrected chi connectivity index (χ2v) is 11.0. The number of H-pyrrole nitrogens is 1. The number of para-hydroxylation sites is 1. The second-order valence-electron chi connectivity index (χ2n) is 10.1. The van der Waals surface area contributed by atoms with E-state index in [0.717, 1.165) is 66.7 Å². The predicted octanol–water partition coefficient (Wildman–Crippen LogP) is 5.52.